The van der Waals surface area contributed by atoms with Crippen LogP contribution in [0, 0.1) is 28.8 Å². The summed E-state index contributed by atoms with van der Waals surface area (Å²) < 4.78 is 81.2. The Hall–Kier alpha value is -2.99. The Morgan fingerprint density at radius 2 is 1.81 bits per heavy atom. The van der Waals surface area contributed by atoms with Crippen molar-refractivity contribution < 1.29 is 26.3 Å². The highest BCUT2D eigenvalue weighted by Crippen LogP contribution is 2.36. The van der Waals surface area contributed by atoms with Crippen molar-refractivity contribution in [3.05, 3.63) is 70.7 Å². The first-order chi connectivity index (χ1) is 12.6. The zero-order valence-electron chi connectivity index (χ0n) is 13.5. The number of rotatable bonds is 3. The third kappa shape index (κ3) is 3.48. The van der Waals surface area contributed by atoms with Gasteiger partial charge in [-0.25, -0.2) is 13.2 Å². The smallest absolute Gasteiger partial charge is 0.343 e. The number of alkyl halides is 3. The highest BCUT2D eigenvalue weighted by Gasteiger charge is 2.39. The van der Waals surface area contributed by atoms with Gasteiger partial charge in [0.2, 0.25) is 0 Å². The second-order valence-corrected chi connectivity index (χ2v) is 5.94. The highest BCUT2D eigenvalue weighted by molar-refractivity contribution is 5.86. The monoisotopic (exact) mass is 383 g/mol. The molecule has 0 aliphatic heterocycles. The molecule has 27 heavy (non-hydrogen) atoms. The molecule has 1 atom stereocenters. The van der Waals surface area contributed by atoms with Crippen molar-refractivity contribution in [2.24, 2.45) is 5.73 Å². The van der Waals surface area contributed by atoms with Crippen molar-refractivity contribution in [3.8, 4) is 6.07 Å². The van der Waals surface area contributed by atoms with Gasteiger partial charge in [-0.05, 0) is 18.2 Å². The molecule has 0 aliphatic rings. The molecule has 0 radical (unpaired) electrons. The molecular formula is C18H11F6N3. The molecule has 0 saturated carbocycles. The largest absolute Gasteiger partial charge is 0.407 e. The first-order valence-corrected chi connectivity index (χ1v) is 7.60. The average molecular weight is 383 g/mol. The third-order valence-corrected chi connectivity index (χ3v) is 4.14. The molecule has 3 rings (SSSR count). The van der Waals surface area contributed by atoms with E-state index in [1.807, 2.05) is 6.07 Å². The molecule has 3 aromatic rings. The molecule has 1 unspecified atom stereocenters. The van der Waals surface area contributed by atoms with Gasteiger partial charge in [-0.3, -0.25) is 0 Å². The summed E-state index contributed by atoms with van der Waals surface area (Å²) in [5, 5.41) is 9.12. The van der Waals surface area contributed by atoms with E-state index < -0.39 is 36.2 Å². The van der Waals surface area contributed by atoms with Gasteiger partial charge >= 0.3 is 6.18 Å². The Kier molecular flexibility index (Phi) is 4.61. The van der Waals surface area contributed by atoms with Gasteiger partial charge in [-0.15, -0.1) is 0 Å². The van der Waals surface area contributed by atoms with E-state index in [4.69, 9.17) is 11.0 Å². The van der Waals surface area contributed by atoms with E-state index in [1.54, 1.807) is 0 Å². The maximum atomic E-state index is 14.0. The van der Waals surface area contributed by atoms with Crippen molar-refractivity contribution in [1.29, 1.82) is 5.26 Å². The predicted molar refractivity (Wildman–Crippen MR) is 85.1 cm³/mol. The van der Waals surface area contributed by atoms with Crippen LogP contribution in [0.5, 0.6) is 0 Å². The lowest BCUT2D eigenvalue weighted by atomic mass is 10.1. The zero-order valence-corrected chi connectivity index (χ0v) is 13.5. The maximum Gasteiger partial charge on any atom is 0.407 e. The highest BCUT2D eigenvalue weighted by atomic mass is 19.4. The van der Waals surface area contributed by atoms with Crippen LogP contribution >= 0.6 is 0 Å². The molecule has 3 nitrogen and oxygen atoms in total. The number of benzene rings is 2. The number of hydrogen-bond acceptors (Lipinski definition) is 2. The average Bonchev–Trinajstić information content (AvgIpc) is 2.95. The van der Waals surface area contributed by atoms with Crippen LogP contribution in [-0.2, 0) is 6.54 Å². The second-order valence-electron chi connectivity index (χ2n) is 5.94. The predicted octanol–water partition coefficient (Wildman–Crippen LogP) is 4.54. The van der Waals surface area contributed by atoms with Gasteiger partial charge in [0, 0.05) is 34.3 Å². The minimum atomic E-state index is -4.73. The SMILES string of the molecule is N#Cc1ccc2c(C(N)C(F)(F)F)cn(Cc3cc(F)cc(F)c3F)c2c1. The maximum absolute atomic E-state index is 14.0. The Morgan fingerprint density at radius 3 is 2.44 bits per heavy atom. The first-order valence-electron chi connectivity index (χ1n) is 7.60. The summed E-state index contributed by atoms with van der Waals surface area (Å²) in [5.74, 6) is -3.74. The number of halogens is 6. The van der Waals surface area contributed by atoms with Crippen molar-refractivity contribution >= 4 is 10.9 Å². The summed E-state index contributed by atoms with van der Waals surface area (Å²) in [5.41, 5.74) is 4.93. The van der Waals surface area contributed by atoms with Gasteiger partial charge in [-0.1, -0.05) is 6.07 Å². The molecule has 0 spiro atoms. The molecule has 0 saturated heterocycles. The normalized spacial score (nSPS) is 13.0. The fraction of sp³-hybridized carbons (Fsp3) is 0.167. The molecule has 2 N–H and O–H groups in total. The second kappa shape index (κ2) is 6.63. The summed E-state index contributed by atoms with van der Waals surface area (Å²) in [6.07, 6.45) is -3.69. The molecule has 0 bridgehead atoms. The van der Waals surface area contributed by atoms with E-state index in [0.29, 0.717) is 6.07 Å². The Balaban J connectivity index is 2.19. The summed E-state index contributed by atoms with van der Waals surface area (Å²) >= 11 is 0. The quantitative estimate of drug-likeness (QED) is 0.533. The summed E-state index contributed by atoms with van der Waals surface area (Å²) in [6, 6.07) is 4.57. The lowest BCUT2D eigenvalue weighted by Crippen LogP contribution is -2.28. The van der Waals surface area contributed by atoms with Crippen LogP contribution in [0.15, 0.2) is 36.5 Å². The number of nitriles is 1. The molecule has 9 heteroatoms. The van der Waals surface area contributed by atoms with Gasteiger partial charge in [0.25, 0.3) is 0 Å². The lowest BCUT2D eigenvalue weighted by Gasteiger charge is -2.14. The fourth-order valence-corrected chi connectivity index (χ4v) is 2.85. The third-order valence-electron chi connectivity index (χ3n) is 4.14. The molecule has 1 aromatic heterocycles. The zero-order chi connectivity index (χ0) is 19.9. The molecular weight excluding hydrogens is 372 g/mol. The van der Waals surface area contributed by atoms with E-state index >= 15 is 0 Å². The van der Waals surface area contributed by atoms with E-state index in [-0.39, 0.29) is 27.6 Å². The Labute approximate surface area is 149 Å². The summed E-state index contributed by atoms with van der Waals surface area (Å²) in [7, 11) is 0. The van der Waals surface area contributed by atoms with Crippen LogP contribution in [0.25, 0.3) is 10.9 Å². The topological polar surface area (TPSA) is 54.7 Å². The fourth-order valence-electron chi connectivity index (χ4n) is 2.85. The Morgan fingerprint density at radius 1 is 1.11 bits per heavy atom. The molecule has 140 valence electrons. The van der Waals surface area contributed by atoms with Crippen molar-refractivity contribution in [1.82, 2.24) is 4.57 Å². The summed E-state index contributed by atoms with van der Waals surface area (Å²) in [6.45, 7) is -0.448. The standard InChI is InChI=1S/C18H11F6N3/c19-11-4-10(16(21)14(20)5-11)7-27-8-13(17(26)18(22,23)24)12-2-1-9(6-25)3-15(12)27/h1-5,8,17H,7,26H2. The molecule has 0 fully saturated rings. The van der Waals surface area contributed by atoms with Crippen LogP contribution in [0.3, 0.4) is 0 Å². The molecule has 2 aromatic carbocycles. The molecule has 0 amide bonds. The minimum absolute atomic E-state index is 0.108. The van der Waals surface area contributed by atoms with Crippen LogP contribution in [0.1, 0.15) is 22.7 Å². The summed E-state index contributed by atoms with van der Waals surface area (Å²) in [4.78, 5) is 0. The Bertz CT molecular complexity index is 1060. The number of fused-ring (bicyclic) bond motifs is 1. The van der Waals surface area contributed by atoms with E-state index in [0.717, 1.165) is 12.3 Å². The van der Waals surface area contributed by atoms with Crippen molar-refractivity contribution in [3.63, 3.8) is 0 Å². The van der Waals surface area contributed by atoms with Crippen molar-refractivity contribution in [2.45, 2.75) is 18.8 Å². The van der Waals surface area contributed by atoms with Crippen LogP contribution < -0.4 is 5.73 Å². The van der Waals surface area contributed by atoms with E-state index in [2.05, 4.69) is 0 Å². The van der Waals surface area contributed by atoms with Gasteiger partial charge in [0.1, 0.15) is 11.9 Å². The number of nitrogens with zero attached hydrogens (tertiary/aromatic N) is 2. The number of hydrogen-bond donors (Lipinski definition) is 1. The first kappa shape index (κ1) is 18.8. The minimum Gasteiger partial charge on any atom is -0.343 e. The van der Waals surface area contributed by atoms with Gasteiger partial charge in [0.15, 0.2) is 11.6 Å². The van der Waals surface area contributed by atoms with Crippen LogP contribution in [0.4, 0.5) is 26.3 Å². The van der Waals surface area contributed by atoms with Gasteiger partial charge in [0.05, 0.1) is 18.2 Å². The molecule has 1 heterocycles. The van der Waals surface area contributed by atoms with Gasteiger partial charge in [-0.2, -0.15) is 18.4 Å². The van der Waals surface area contributed by atoms with Crippen molar-refractivity contribution in [2.75, 3.05) is 0 Å². The van der Waals surface area contributed by atoms with E-state index in [9.17, 15) is 26.3 Å². The van der Waals surface area contributed by atoms with Crippen LogP contribution in [0.2, 0.25) is 0 Å². The number of nitrogens with two attached hydrogens (primary N) is 1. The van der Waals surface area contributed by atoms with Gasteiger partial charge < -0.3 is 10.3 Å². The van der Waals surface area contributed by atoms with E-state index in [1.165, 1.54) is 22.8 Å². The number of aromatic nitrogens is 1. The lowest BCUT2D eigenvalue weighted by molar-refractivity contribution is -0.148. The molecule has 0 aliphatic carbocycles. The van der Waals surface area contributed by atoms with Crippen LogP contribution in [-0.4, -0.2) is 10.7 Å².